The largest absolute Gasteiger partial charge is 0.469 e. The molecule has 1 rings (SSSR count). The quantitative estimate of drug-likeness (QED) is 0.659. The number of hydrogen-bond donors (Lipinski definition) is 3. The third kappa shape index (κ3) is 7.53. The molecule has 0 spiro atoms. The van der Waals surface area contributed by atoms with Crippen LogP contribution in [-0.2, 0) is 14.3 Å². The Morgan fingerprint density at radius 3 is 2.20 bits per heavy atom. The van der Waals surface area contributed by atoms with E-state index in [9.17, 15) is 14.4 Å². The van der Waals surface area contributed by atoms with Crippen molar-refractivity contribution in [3.63, 3.8) is 0 Å². The number of anilines is 1. The molecule has 2 amide bonds. The third-order valence-corrected chi connectivity index (χ3v) is 3.47. The monoisotopic (exact) mass is 371 g/mol. The van der Waals surface area contributed by atoms with Crippen molar-refractivity contribution in [1.29, 1.82) is 0 Å². The molecule has 0 fully saturated rings. The van der Waals surface area contributed by atoms with E-state index in [-0.39, 0.29) is 48.6 Å². The van der Waals surface area contributed by atoms with Gasteiger partial charge < -0.3 is 21.1 Å². The highest BCUT2D eigenvalue weighted by molar-refractivity contribution is 5.97. The lowest BCUT2D eigenvalue weighted by Gasteiger charge is -2.25. The van der Waals surface area contributed by atoms with Crippen LogP contribution in [0.2, 0.25) is 0 Å². The summed E-state index contributed by atoms with van der Waals surface area (Å²) in [5.41, 5.74) is 6.54. The summed E-state index contributed by atoms with van der Waals surface area (Å²) in [6, 6.07) is 5.79. The predicted octanol–water partition coefficient (Wildman–Crippen LogP) is 1.71. The van der Waals surface area contributed by atoms with Crippen LogP contribution in [0.4, 0.5) is 5.69 Å². The van der Waals surface area contributed by atoms with Gasteiger partial charge in [0.25, 0.3) is 5.91 Å². The van der Waals surface area contributed by atoms with Crippen LogP contribution >= 0.6 is 12.4 Å². The maximum atomic E-state index is 12.1. The summed E-state index contributed by atoms with van der Waals surface area (Å²) in [4.78, 5) is 34.9. The molecule has 8 heteroatoms. The minimum absolute atomic E-state index is 0. The fraction of sp³-hybridized carbons (Fsp3) is 0.471. The highest BCUT2D eigenvalue weighted by Gasteiger charge is 2.27. The summed E-state index contributed by atoms with van der Waals surface area (Å²) in [6.45, 7) is 5.86. The Bertz CT molecular complexity index is 597. The van der Waals surface area contributed by atoms with Crippen molar-refractivity contribution < 1.29 is 19.1 Å². The lowest BCUT2D eigenvalue weighted by molar-refractivity contribution is -0.140. The smallest absolute Gasteiger partial charge is 0.307 e. The number of nitrogens with one attached hydrogen (secondary N) is 2. The maximum absolute atomic E-state index is 12.1. The zero-order chi connectivity index (χ0) is 18.3. The van der Waals surface area contributed by atoms with Gasteiger partial charge in [0.15, 0.2) is 0 Å². The molecule has 7 nitrogen and oxygen atoms in total. The summed E-state index contributed by atoms with van der Waals surface area (Å²) in [7, 11) is 1.29. The second kappa shape index (κ2) is 10.0. The Labute approximate surface area is 154 Å². The highest BCUT2D eigenvalue weighted by Crippen LogP contribution is 2.19. The van der Waals surface area contributed by atoms with Crippen LogP contribution in [0.5, 0.6) is 0 Å². The average molecular weight is 372 g/mol. The molecule has 0 aromatic heterocycles. The molecule has 0 unspecified atom stereocenters. The first-order valence-electron chi connectivity index (χ1n) is 7.66. The van der Waals surface area contributed by atoms with E-state index in [2.05, 4.69) is 15.4 Å². The van der Waals surface area contributed by atoms with Gasteiger partial charge in [0, 0.05) is 17.8 Å². The number of hydrogen-bond acceptors (Lipinski definition) is 5. The number of ether oxygens (including phenoxy) is 1. The standard InChI is InChI=1S/C17H25N3O4.ClH/c1-17(2,3)14(18)16(23)20-12-7-5-11(6-8-12)15(22)19-10-9-13(21)24-4;/h5-8,14H,9-10,18H2,1-4H3,(H,19,22)(H,20,23);1H/t14-;/m1./s1. The molecule has 140 valence electrons. The van der Waals surface area contributed by atoms with Crippen molar-refractivity contribution in [3.05, 3.63) is 29.8 Å². The van der Waals surface area contributed by atoms with Crippen LogP contribution < -0.4 is 16.4 Å². The van der Waals surface area contributed by atoms with Crippen molar-refractivity contribution in [2.45, 2.75) is 33.2 Å². The molecule has 0 aliphatic carbocycles. The molecule has 1 aromatic rings. The summed E-state index contributed by atoms with van der Waals surface area (Å²) in [6.07, 6.45) is 0.112. The van der Waals surface area contributed by atoms with Crippen molar-refractivity contribution in [1.82, 2.24) is 5.32 Å². The zero-order valence-electron chi connectivity index (χ0n) is 14.9. The number of nitrogens with two attached hydrogens (primary N) is 1. The van der Waals surface area contributed by atoms with Crippen molar-refractivity contribution in [3.8, 4) is 0 Å². The van der Waals surface area contributed by atoms with Gasteiger partial charge in [-0.1, -0.05) is 20.8 Å². The Hall–Kier alpha value is -2.12. The first-order valence-corrected chi connectivity index (χ1v) is 7.66. The number of methoxy groups -OCH3 is 1. The number of halogens is 1. The normalized spacial score (nSPS) is 11.7. The third-order valence-electron chi connectivity index (χ3n) is 3.47. The van der Waals surface area contributed by atoms with Crippen LogP contribution in [0.3, 0.4) is 0 Å². The summed E-state index contributed by atoms with van der Waals surface area (Å²) in [5, 5.41) is 5.34. The molecule has 4 N–H and O–H groups in total. The Morgan fingerprint density at radius 1 is 1.16 bits per heavy atom. The Kier molecular flexibility index (Phi) is 9.16. The SMILES string of the molecule is COC(=O)CCNC(=O)c1ccc(NC(=O)[C@@H](N)C(C)(C)C)cc1.Cl. The molecule has 25 heavy (non-hydrogen) atoms. The molecule has 1 aromatic carbocycles. The van der Waals surface area contributed by atoms with Gasteiger partial charge >= 0.3 is 5.97 Å². The van der Waals surface area contributed by atoms with Gasteiger partial charge in [-0.25, -0.2) is 0 Å². The van der Waals surface area contributed by atoms with Crippen LogP contribution in [0.25, 0.3) is 0 Å². The summed E-state index contributed by atoms with van der Waals surface area (Å²) < 4.78 is 4.49. The molecule has 0 heterocycles. The van der Waals surface area contributed by atoms with Crippen molar-refractivity contribution >= 4 is 35.9 Å². The number of amides is 2. The molecule has 0 saturated heterocycles. The van der Waals surface area contributed by atoms with Gasteiger partial charge in [0.1, 0.15) is 0 Å². The topological polar surface area (TPSA) is 111 Å². The number of carbonyl (C=O) groups excluding carboxylic acids is 3. The molecular weight excluding hydrogens is 346 g/mol. The lowest BCUT2D eigenvalue weighted by atomic mass is 9.87. The molecule has 0 aliphatic rings. The lowest BCUT2D eigenvalue weighted by Crippen LogP contribution is -2.45. The fourth-order valence-electron chi connectivity index (χ4n) is 1.80. The molecule has 0 aliphatic heterocycles. The van der Waals surface area contributed by atoms with Gasteiger partial charge in [-0.3, -0.25) is 14.4 Å². The van der Waals surface area contributed by atoms with Crippen LogP contribution in [0.1, 0.15) is 37.6 Å². The van der Waals surface area contributed by atoms with E-state index in [4.69, 9.17) is 5.73 Å². The second-order valence-electron chi connectivity index (χ2n) is 6.49. The second-order valence-corrected chi connectivity index (χ2v) is 6.49. The number of carbonyl (C=O) groups is 3. The zero-order valence-corrected chi connectivity index (χ0v) is 15.7. The number of rotatable bonds is 6. The minimum atomic E-state index is -0.640. The van der Waals surface area contributed by atoms with Gasteiger partial charge in [-0.15, -0.1) is 12.4 Å². The Morgan fingerprint density at radius 2 is 1.72 bits per heavy atom. The van der Waals surface area contributed by atoms with E-state index in [0.717, 1.165) is 0 Å². The maximum Gasteiger partial charge on any atom is 0.307 e. The van der Waals surface area contributed by atoms with Gasteiger partial charge in [0.2, 0.25) is 5.91 Å². The van der Waals surface area contributed by atoms with Gasteiger partial charge in [-0.05, 0) is 29.7 Å². The number of benzene rings is 1. The van der Waals surface area contributed by atoms with E-state index in [1.54, 1.807) is 24.3 Å². The van der Waals surface area contributed by atoms with Crippen molar-refractivity contribution in [2.75, 3.05) is 19.0 Å². The van der Waals surface area contributed by atoms with Crippen LogP contribution in [0, 0.1) is 5.41 Å². The average Bonchev–Trinajstić information content (AvgIpc) is 2.53. The minimum Gasteiger partial charge on any atom is -0.469 e. The predicted molar refractivity (Wildman–Crippen MR) is 98.7 cm³/mol. The molecule has 0 bridgehead atoms. The number of esters is 1. The molecule has 1 atom stereocenters. The Balaban J connectivity index is 0.00000576. The van der Waals surface area contributed by atoms with Crippen molar-refractivity contribution in [2.24, 2.45) is 11.1 Å². The first-order chi connectivity index (χ1) is 11.1. The molecule has 0 radical (unpaired) electrons. The summed E-state index contributed by atoms with van der Waals surface area (Å²) in [5.74, 6) is -0.968. The van der Waals surface area contributed by atoms with E-state index < -0.39 is 6.04 Å². The highest BCUT2D eigenvalue weighted by atomic mass is 35.5. The van der Waals surface area contributed by atoms with Crippen LogP contribution in [0.15, 0.2) is 24.3 Å². The first kappa shape index (κ1) is 22.9. The van der Waals surface area contributed by atoms with E-state index >= 15 is 0 Å². The van der Waals surface area contributed by atoms with Gasteiger partial charge in [0.05, 0.1) is 19.6 Å². The van der Waals surface area contributed by atoms with E-state index in [0.29, 0.717) is 11.3 Å². The molecular formula is C17H26ClN3O4. The summed E-state index contributed by atoms with van der Waals surface area (Å²) >= 11 is 0. The van der Waals surface area contributed by atoms with E-state index in [1.165, 1.54) is 7.11 Å². The van der Waals surface area contributed by atoms with Gasteiger partial charge in [-0.2, -0.15) is 0 Å². The molecule has 0 saturated carbocycles. The fourth-order valence-corrected chi connectivity index (χ4v) is 1.80. The van der Waals surface area contributed by atoms with Crippen LogP contribution in [-0.4, -0.2) is 37.5 Å². The van der Waals surface area contributed by atoms with E-state index in [1.807, 2.05) is 20.8 Å².